The van der Waals surface area contributed by atoms with Crippen LogP contribution in [0.1, 0.15) is 20.3 Å². The van der Waals surface area contributed by atoms with Crippen LogP contribution in [0.5, 0.6) is 0 Å². The van der Waals surface area contributed by atoms with Crippen molar-refractivity contribution in [2.75, 3.05) is 18.4 Å². The van der Waals surface area contributed by atoms with Crippen LogP contribution in [0.4, 0.5) is 18.9 Å². The summed E-state index contributed by atoms with van der Waals surface area (Å²) in [7, 11) is 0. The van der Waals surface area contributed by atoms with Gasteiger partial charge in [-0.2, -0.15) is 0 Å². The monoisotopic (exact) mass is 286 g/mol. The molecule has 2 N–H and O–H groups in total. The summed E-state index contributed by atoms with van der Waals surface area (Å²) < 4.78 is 40.0. The van der Waals surface area contributed by atoms with E-state index < -0.39 is 34.5 Å². The van der Waals surface area contributed by atoms with Crippen LogP contribution in [-0.2, 0) is 4.79 Å². The number of rotatable bonds is 3. The summed E-state index contributed by atoms with van der Waals surface area (Å²) in [6.45, 7) is 4.93. The maximum Gasteiger partial charge on any atom is 0.232 e. The molecule has 1 unspecified atom stereocenters. The Balaban J connectivity index is 2.28. The van der Waals surface area contributed by atoms with Crippen LogP contribution in [0.3, 0.4) is 0 Å². The van der Waals surface area contributed by atoms with Crippen molar-refractivity contribution in [1.29, 1.82) is 0 Å². The van der Waals surface area contributed by atoms with Gasteiger partial charge in [-0.1, -0.05) is 13.8 Å². The Morgan fingerprint density at radius 2 is 1.90 bits per heavy atom. The molecule has 1 saturated heterocycles. The minimum Gasteiger partial charge on any atom is -0.321 e. The van der Waals surface area contributed by atoms with Gasteiger partial charge in [0.05, 0.1) is 5.41 Å². The number of hydrogen-bond donors (Lipinski definition) is 2. The quantitative estimate of drug-likeness (QED) is 0.897. The Morgan fingerprint density at radius 1 is 1.30 bits per heavy atom. The summed E-state index contributed by atoms with van der Waals surface area (Å²) in [4.78, 5) is 12.4. The Labute approximate surface area is 115 Å². The molecular weight excluding hydrogens is 269 g/mol. The number of carbonyl (C=O) groups is 1. The minimum atomic E-state index is -1.11. The number of hydrogen-bond acceptors (Lipinski definition) is 2. The van der Waals surface area contributed by atoms with Gasteiger partial charge in [-0.3, -0.25) is 4.79 Å². The third-order valence-electron chi connectivity index (χ3n) is 3.99. The fraction of sp³-hybridized carbons (Fsp3) is 0.500. The molecular formula is C14H17F3N2O. The highest BCUT2D eigenvalue weighted by Gasteiger charge is 2.44. The van der Waals surface area contributed by atoms with Crippen LogP contribution in [0, 0.1) is 28.8 Å². The van der Waals surface area contributed by atoms with Gasteiger partial charge in [-0.25, -0.2) is 13.2 Å². The lowest BCUT2D eigenvalue weighted by Crippen LogP contribution is -2.42. The van der Waals surface area contributed by atoms with Crippen molar-refractivity contribution < 1.29 is 18.0 Å². The van der Waals surface area contributed by atoms with E-state index >= 15 is 0 Å². The summed E-state index contributed by atoms with van der Waals surface area (Å²) in [5, 5.41) is 5.37. The standard InChI is InChI=1S/C14H17F3N2O/c1-8(2)14(3-4-18-7-14)13(20)19-12-10(16)5-9(15)6-11(12)17/h5-6,8,18H,3-4,7H2,1-2H3,(H,19,20). The third kappa shape index (κ3) is 2.52. The lowest BCUT2D eigenvalue weighted by Gasteiger charge is -2.31. The fourth-order valence-corrected chi connectivity index (χ4v) is 2.56. The molecule has 110 valence electrons. The zero-order valence-electron chi connectivity index (χ0n) is 11.4. The number of carbonyl (C=O) groups excluding carboxylic acids is 1. The SMILES string of the molecule is CC(C)C1(C(=O)Nc2c(F)cc(F)cc2F)CCNC1. The van der Waals surface area contributed by atoms with Crippen LogP contribution in [0.25, 0.3) is 0 Å². The normalized spacial score (nSPS) is 22.3. The molecule has 0 aliphatic carbocycles. The minimum absolute atomic E-state index is 0.0177. The van der Waals surface area contributed by atoms with E-state index in [1.54, 1.807) is 0 Å². The predicted molar refractivity (Wildman–Crippen MR) is 69.7 cm³/mol. The summed E-state index contributed by atoms with van der Waals surface area (Å²) in [5.41, 5.74) is -1.30. The molecule has 20 heavy (non-hydrogen) atoms. The molecule has 1 fully saturated rings. The predicted octanol–water partition coefficient (Wildman–Crippen LogP) is 2.68. The molecule has 0 aromatic heterocycles. The average Bonchev–Trinajstić information content (AvgIpc) is 2.83. The van der Waals surface area contributed by atoms with Gasteiger partial charge in [0.25, 0.3) is 0 Å². The zero-order valence-corrected chi connectivity index (χ0v) is 11.4. The van der Waals surface area contributed by atoms with Crippen LogP contribution in [0.2, 0.25) is 0 Å². The van der Waals surface area contributed by atoms with Gasteiger partial charge in [-0.15, -0.1) is 0 Å². The van der Waals surface area contributed by atoms with Gasteiger partial charge >= 0.3 is 0 Å². The highest BCUT2D eigenvalue weighted by molar-refractivity contribution is 5.96. The van der Waals surface area contributed by atoms with E-state index in [1.165, 1.54) is 0 Å². The summed E-state index contributed by atoms with van der Waals surface area (Å²) >= 11 is 0. The van der Waals surface area contributed by atoms with E-state index in [1.807, 2.05) is 13.8 Å². The highest BCUT2D eigenvalue weighted by Crippen LogP contribution is 2.36. The number of nitrogens with one attached hydrogen (secondary N) is 2. The summed E-state index contributed by atoms with van der Waals surface area (Å²) in [6.07, 6.45) is 0.598. The van der Waals surface area contributed by atoms with E-state index in [4.69, 9.17) is 0 Å². The van der Waals surface area contributed by atoms with Gasteiger partial charge in [0.2, 0.25) is 5.91 Å². The molecule has 6 heteroatoms. The van der Waals surface area contributed by atoms with Crippen molar-refractivity contribution in [3.05, 3.63) is 29.6 Å². The van der Waals surface area contributed by atoms with Gasteiger partial charge in [-0.05, 0) is 18.9 Å². The average molecular weight is 286 g/mol. The van der Waals surface area contributed by atoms with Gasteiger partial charge in [0.15, 0.2) is 11.6 Å². The van der Waals surface area contributed by atoms with Crippen molar-refractivity contribution in [3.8, 4) is 0 Å². The highest BCUT2D eigenvalue weighted by atomic mass is 19.1. The molecule has 1 aromatic rings. The third-order valence-corrected chi connectivity index (χ3v) is 3.99. The van der Waals surface area contributed by atoms with Gasteiger partial charge in [0.1, 0.15) is 11.5 Å². The Kier molecular flexibility index (Phi) is 4.04. The first-order valence-corrected chi connectivity index (χ1v) is 6.53. The molecule has 0 bridgehead atoms. The van der Waals surface area contributed by atoms with Crippen molar-refractivity contribution in [1.82, 2.24) is 5.32 Å². The van der Waals surface area contributed by atoms with E-state index in [9.17, 15) is 18.0 Å². The largest absolute Gasteiger partial charge is 0.321 e. The molecule has 1 heterocycles. The second-order valence-electron chi connectivity index (χ2n) is 5.44. The number of halogens is 3. The van der Waals surface area contributed by atoms with Crippen LogP contribution >= 0.6 is 0 Å². The Bertz CT molecular complexity index is 502. The molecule has 0 saturated carbocycles. The fourth-order valence-electron chi connectivity index (χ4n) is 2.56. The summed E-state index contributed by atoms with van der Waals surface area (Å²) in [6, 6.07) is 1.10. The van der Waals surface area contributed by atoms with E-state index in [0.29, 0.717) is 31.6 Å². The maximum atomic E-state index is 13.6. The maximum absolute atomic E-state index is 13.6. The zero-order chi connectivity index (χ0) is 14.9. The van der Waals surface area contributed by atoms with Crippen molar-refractivity contribution in [3.63, 3.8) is 0 Å². The Hall–Kier alpha value is -1.56. The van der Waals surface area contributed by atoms with Crippen molar-refractivity contribution in [2.24, 2.45) is 11.3 Å². The molecule has 2 rings (SSSR count). The molecule has 1 aromatic carbocycles. The van der Waals surface area contributed by atoms with E-state index in [2.05, 4.69) is 10.6 Å². The first kappa shape index (κ1) is 14.8. The molecule has 1 atom stereocenters. The number of amides is 1. The topological polar surface area (TPSA) is 41.1 Å². The van der Waals surface area contributed by atoms with Gasteiger partial charge in [0, 0.05) is 18.7 Å². The smallest absolute Gasteiger partial charge is 0.232 e. The second kappa shape index (κ2) is 5.44. The molecule has 1 aliphatic rings. The van der Waals surface area contributed by atoms with E-state index in [0.717, 1.165) is 0 Å². The molecule has 0 radical (unpaired) electrons. The first-order valence-electron chi connectivity index (χ1n) is 6.53. The second-order valence-corrected chi connectivity index (χ2v) is 5.44. The lowest BCUT2D eigenvalue weighted by molar-refractivity contribution is -0.126. The number of anilines is 1. The van der Waals surface area contributed by atoms with Crippen LogP contribution in [-0.4, -0.2) is 19.0 Å². The van der Waals surface area contributed by atoms with Crippen molar-refractivity contribution >= 4 is 11.6 Å². The first-order chi connectivity index (χ1) is 9.36. The molecule has 0 spiro atoms. The van der Waals surface area contributed by atoms with Crippen LogP contribution < -0.4 is 10.6 Å². The van der Waals surface area contributed by atoms with Crippen molar-refractivity contribution in [2.45, 2.75) is 20.3 Å². The number of benzene rings is 1. The molecule has 3 nitrogen and oxygen atoms in total. The summed E-state index contributed by atoms with van der Waals surface area (Å²) in [5.74, 6) is -3.66. The molecule has 1 amide bonds. The Morgan fingerprint density at radius 3 is 2.35 bits per heavy atom. The van der Waals surface area contributed by atoms with E-state index in [-0.39, 0.29) is 5.92 Å². The lowest BCUT2D eigenvalue weighted by atomic mass is 9.75. The van der Waals surface area contributed by atoms with Gasteiger partial charge < -0.3 is 10.6 Å². The van der Waals surface area contributed by atoms with Crippen LogP contribution in [0.15, 0.2) is 12.1 Å². The molecule has 1 aliphatic heterocycles.